The molecule has 1 aromatic carbocycles. The summed E-state index contributed by atoms with van der Waals surface area (Å²) in [6, 6.07) is 6.20. The van der Waals surface area contributed by atoms with Gasteiger partial charge in [0.15, 0.2) is 0 Å². The lowest BCUT2D eigenvalue weighted by Crippen LogP contribution is -1.91. The predicted octanol–water partition coefficient (Wildman–Crippen LogP) is 2.23. The van der Waals surface area contributed by atoms with E-state index in [0.717, 1.165) is 5.56 Å². The Hall–Kier alpha value is -2.02. The van der Waals surface area contributed by atoms with Crippen molar-refractivity contribution < 1.29 is 9.34 Å². The molecular formula is C9H7N3O3S. The fourth-order valence-electron chi connectivity index (χ4n) is 1.25. The van der Waals surface area contributed by atoms with E-state index in [0.29, 0.717) is 12.3 Å². The van der Waals surface area contributed by atoms with E-state index in [1.807, 2.05) is 0 Å². The zero-order valence-corrected chi connectivity index (χ0v) is 8.86. The van der Waals surface area contributed by atoms with Crippen molar-refractivity contribution >= 4 is 17.9 Å². The molecule has 16 heavy (non-hydrogen) atoms. The van der Waals surface area contributed by atoms with Crippen LogP contribution in [0.3, 0.4) is 0 Å². The number of nitro benzene ring substituents is 1. The maximum atomic E-state index is 10.4. The first kappa shape index (κ1) is 10.5. The van der Waals surface area contributed by atoms with Gasteiger partial charge in [-0.1, -0.05) is 12.1 Å². The third-order valence-corrected chi connectivity index (χ3v) is 2.16. The molecule has 82 valence electrons. The summed E-state index contributed by atoms with van der Waals surface area (Å²) in [5.74, 6) is 0.457. The molecule has 0 atom stereocenters. The van der Waals surface area contributed by atoms with Crippen molar-refractivity contribution in [2.24, 2.45) is 0 Å². The van der Waals surface area contributed by atoms with Crippen LogP contribution in [0.5, 0.6) is 0 Å². The fourth-order valence-corrected chi connectivity index (χ4v) is 1.39. The highest BCUT2D eigenvalue weighted by atomic mass is 32.1. The van der Waals surface area contributed by atoms with Gasteiger partial charge in [-0.2, -0.15) is 0 Å². The number of hydrogen-bond donors (Lipinski definition) is 1. The summed E-state index contributed by atoms with van der Waals surface area (Å²) in [7, 11) is 0. The van der Waals surface area contributed by atoms with Crippen LogP contribution in [0.2, 0.25) is 0 Å². The van der Waals surface area contributed by atoms with Gasteiger partial charge in [-0.25, -0.2) is 5.10 Å². The number of nitrogens with one attached hydrogen (secondary N) is 1. The molecule has 1 heterocycles. The monoisotopic (exact) mass is 237 g/mol. The Bertz CT molecular complexity index is 558. The number of hydrogen-bond acceptors (Lipinski definition) is 5. The molecule has 6 nitrogen and oxygen atoms in total. The number of benzene rings is 1. The van der Waals surface area contributed by atoms with E-state index in [4.69, 9.17) is 16.6 Å². The van der Waals surface area contributed by atoms with Crippen molar-refractivity contribution in [2.45, 2.75) is 6.42 Å². The van der Waals surface area contributed by atoms with Crippen molar-refractivity contribution in [1.82, 2.24) is 10.2 Å². The quantitative estimate of drug-likeness (QED) is 0.502. The van der Waals surface area contributed by atoms with Gasteiger partial charge >= 0.3 is 0 Å². The number of nitro groups is 1. The molecule has 2 rings (SSSR count). The number of non-ortho nitro benzene ring substituents is 1. The molecule has 0 aliphatic rings. The first-order valence-corrected chi connectivity index (χ1v) is 4.84. The van der Waals surface area contributed by atoms with Crippen molar-refractivity contribution in [3.05, 3.63) is 50.7 Å². The summed E-state index contributed by atoms with van der Waals surface area (Å²) in [5.41, 5.74) is 0.933. The largest absolute Gasteiger partial charge is 0.414 e. The van der Waals surface area contributed by atoms with E-state index in [-0.39, 0.29) is 10.5 Å². The normalized spacial score (nSPS) is 10.2. The molecular weight excluding hydrogens is 230 g/mol. The second-order valence-corrected chi connectivity index (χ2v) is 3.48. The molecule has 7 heteroatoms. The highest BCUT2D eigenvalue weighted by Crippen LogP contribution is 2.14. The lowest BCUT2D eigenvalue weighted by Gasteiger charge is -1.96. The lowest BCUT2D eigenvalue weighted by atomic mass is 10.1. The average molecular weight is 237 g/mol. The number of aromatic amines is 1. The molecule has 1 N–H and O–H groups in total. The maximum absolute atomic E-state index is 10.4. The summed E-state index contributed by atoms with van der Waals surface area (Å²) in [5, 5.41) is 16.8. The highest BCUT2D eigenvalue weighted by molar-refractivity contribution is 7.71. The van der Waals surface area contributed by atoms with E-state index in [2.05, 4.69) is 10.2 Å². The molecule has 0 unspecified atom stereocenters. The Kier molecular flexibility index (Phi) is 2.78. The van der Waals surface area contributed by atoms with Gasteiger partial charge < -0.3 is 4.42 Å². The Morgan fingerprint density at radius 1 is 1.44 bits per heavy atom. The molecule has 1 aromatic heterocycles. The summed E-state index contributed by atoms with van der Waals surface area (Å²) in [6.45, 7) is 0. The van der Waals surface area contributed by atoms with Crippen LogP contribution in [0, 0.1) is 15.0 Å². The van der Waals surface area contributed by atoms with Crippen molar-refractivity contribution in [3.8, 4) is 0 Å². The summed E-state index contributed by atoms with van der Waals surface area (Å²) in [6.07, 6.45) is 0.450. The minimum Gasteiger partial charge on any atom is -0.414 e. The van der Waals surface area contributed by atoms with Crippen LogP contribution in [0.1, 0.15) is 11.5 Å². The van der Waals surface area contributed by atoms with E-state index in [1.165, 1.54) is 12.1 Å². The molecule has 0 saturated carbocycles. The van der Waals surface area contributed by atoms with E-state index >= 15 is 0 Å². The molecule has 0 radical (unpaired) electrons. The Labute approximate surface area is 95.1 Å². The number of aromatic nitrogens is 2. The SMILES string of the molecule is O=[N+]([O-])c1ccc(Cc2n[nH]c(=S)o2)cc1. The third kappa shape index (κ3) is 2.31. The topological polar surface area (TPSA) is 85.0 Å². The molecule has 2 aromatic rings. The van der Waals surface area contributed by atoms with Gasteiger partial charge in [0.25, 0.3) is 10.5 Å². The number of nitrogens with zero attached hydrogens (tertiary/aromatic N) is 2. The summed E-state index contributed by atoms with van der Waals surface area (Å²) >= 11 is 4.73. The van der Waals surface area contributed by atoms with Gasteiger partial charge in [-0.15, -0.1) is 5.10 Å². The molecule has 0 saturated heterocycles. The van der Waals surface area contributed by atoms with E-state index < -0.39 is 4.92 Å². The van der Waals surface area contributed by atoms with Gasteiger partial charge in [0, 0.05) is 12.1 Å². The molecule has 0 amide bonds. The van der Waals surface area contributed by atoms with Crippen LogP contribution in [0.25, 0.3) is 0 Å². The molecule has 0 spiro atoms. The smallest absolute Gasteiger partial charge is 0.284 e. The van der Waals surface area contributed by atoms with Crippen LogP contribution in [0.4, 0.5) is 5.69 Å². The van der Waals surface area contributed by atoms with Gasteiger partial charge in [-0.05, 0) is 17.8 Å². The van der Waals surface area contributed by atoms with E-state index in [9.17, 15) is 10.1 Å². The van der Waals surface area contributed by atoms with Gasteiger partial charge in [0.1, 0.15) is 0 Å². The van der Waals surface area contributed by atoms with E-state index in [1.54, 1.807) is 12.1 Å². The Morgan fingerprint density at radius 2 is 2.12 bits per heavy atom. The zero-order chi connectivity index (χ0) is 11.5. The first-order valence-electron chi connectivity index (χ1n) is 4.43. The van der Waals surface area contributed by atoms with Crippen LogP contribution in [0.15, 0.2) is 28.7 Å². The van der Waals surface area contributed by atoms with Crippen LogP contribution < -0.4 is 0 Å². The van der Waals surface area contributed by atoms with Crippen molar-refractivity contribution in [2.75, 3.05) is 0 Å². The Balaban J connectivity index is 2.17. The average Bonchev–Trinajstić information content (AvgIpc) is 2.65. The second-order valence-electron chi connectivity index (χ2n) is 3.11. The molecule has 0 aliphatic heterocycles. The second kappa shape index (κ2) is 4.23. The Morgan fingerprint density at radius 3 is 2.62 bits per heavy atom. The van der Waals surface area contributed by atoms with Crippen molar-refractivity contribution in [1.29, 1.82) is 0 Å². The van der Waals surface area contributed by atoms with Gasteiger partial charge in [0.05, 0.1) is 11.3 Å². The first-order chi connectivity index (χ1) is 7.65. The fraction of sp³-hybridized carbons (Fsp3) is 0.111. The van der Waals surface area contributed by atoms with Crippen molar-refractivity contribution in [3.63, 3.8) is 0 Å². The minimum absolute atomic E-state index is 0.0617. The van der Waals surface area contributed by atoms with Gasteiger partial charge in [-0.3, -0.25) is 10.1 Å². The molecule has 0 bridgehead atoms. The third-order valence-electron chi connectivity index (χ3n) is 1.98. The lowest BCUT2D eigenvalue weighted by molar-refractivity contribution is -0.384. The predicted molar refractivity (Wildman–Crippen MR) is 57.6 cm³/mol. The van der Waals surface area contributed by atoms with Gasteiger partial charge in [0.2, 0.25) is 5.89 Å². The summed E-state index contributed by atoms with van der Waals surface area (Å²) in [4.78, 5) is 10.2. The number of rotatable bonds is 3. The number of H-pyrrole nitrogens is 1. The molecule has 0 fully saturated rings. The zero-order valence-electron chi connectivity index (χ0n) is 8.04. The van der Waals surface area contributed by atoms with Crippen LogP contribution in [-0.4, -0.2) is 15.1 Å². The maximum Gasteiger partial charge on any atom is 0.284 e. The summed E-state index contributed by atoms with van der Waals surface area (Å²) < 4.78 is 5.08. The minimum atomic E-state index is -0.440. The molecule has 0 aliphatic carbocycles. The highest BCUT2D eigenvalue weighted by Gasteiger charge is 2.06. The van der Waals surface area contributed by atoms with Crippen LogP contribution >= 0.6 is 12.2 Å². The standard InChI is InChI=1S/C9H7N3O3S/c13-12(14)7-3-1-6(2-4-7)5-8-10-11-9(16)15-8/h1-4H,5H2,(H,11,16). The van der Waals surface area contributed by atoms with Crippen LogP contribution in [-0.2, 0) is 6.42 Å².